The van der Waals surface area contributed by atoms with Crippen LogP contribution >= 0.6 is 11.3 Å². The summed E-state index contributed by atoms with van der Waals surface area (Å²) < 4.78 is 7.57. The van der Waals surface area contributed by atoms with Crippen molar-refractivity contribution >= 4 is 28.2 Å². The lowest BCUT2D eigenvalue weighted by Gasteiger charge is -2.27. The van der Waals surface area contributed by atoms with E-state index in [2.05, 4.69) is 40.2 Å². The molecule has 35 heavy (non-hydrogen) atoms. The molecule has 4 heterocycles. The number of nitrogens with zero attached hydrogens (tertiary/aromatic N) is 3. The molecule has 0 aliphatic carbocycles. The van der Waals surface area contributed by atoms with Crippen LogP contribution in [0.4, 0.5) is 5.00 Å². The highest BCUT2D eigenvalue weighted by atomic mass is 32.1. The quantitative estimate of drug-likeness (QED) is 0.557. The Morgan fingerprint density at radius 3 is 2.57 bits per heavy atom. The Morgan fingerprint density at radius 2 is 1.86 bits per heavy atom. The average Bonchev–Trinajstić information content (AvgIpc) is 3.58. The van der Waals surface area contributed by atoms with Gasteiger partial charge in [0.25, 0.3) is 5.91 Å². The largest absolute Gasteiger partial charge is 0.378 e. The Morgan fingerprint density at radius 1 is 1.09 bits per heavy atom. The van der Waals surface area contributed by atoms with E-state index >= 15 is 0 Å². The molecule has 8 heteroatoms. The van der Waals surface area contributed by atoms with E-state index in [-0.39, 0.29) is 17.9 Å². The maximum absolute atomic E-state index is 13.6. The summed E-state index contributed by atoms with van der Waals surface area (Å²) in [5, 5.41) is 3.76. The lowest BCUT2D eigenvalue weighted by atomic mass is 10.1. The van der Waals surface area contributed by atoms with E-state index < -0.39 is 0 Å². The van der Waals surface area contributed by atoms with Gasteiger partial charge in [-0.15, -0.1) is 11.3 Å². The first kappa shape index (κ1) is 23.8. The van der Waals surface area contributed by atoms with Crippen molar-refractivity contribution in [3.05, 3.63) is 65.5 Å². The highest BCUT2D eigenvalue weighted by Gasteiger charge is 2.31. The Bertz CT molecular complexity index is 1200. The molecule has 3 aromatic rings. The molecule has 2 fully saturated rings. The third-order valence-electron chi connectivity index (χ3n) is 6.98. The summed E-state index contributed by atoms with van der Waals surface area (Å²) in [6.45, 7) is 5.38. The number of benzene rings is 1. The second kappa shape index (κ2) is 10.4. The smallest absolute Gasteiger partial charge is 0.257 e. The molecule has 2 aromatic heterocycles. The van der Waals surface area contributed by atoms with Gasteiger partial charge in [-0.1, -0.05) is 30.3 Å². The molecule has 1 atom stereocenters. The number of morpholine rings is 1. The van der Waals surface area contributed by atoms with Crippen LogP contribution in [0.25, 0.3) is 10.4 Å². The van der Waals surface area contributed by atoms with Crippen molar-refractivity contribution in [1.82, 2.24) is 14.4 Å². The van der Waals surface area contributed by atoms with Gasteiger partial charge in [0.05, 0.1) is 31.4 Å². The summed E-state index contributed by atoms with van der Waals surface area (Å²) in [7, 11) is 2.05. The highest BCUT2D eigenvalue weighted by Crippen LogP contribution is 2.41. The molecule has 1 aromatic carbocycles. The van der Waals surface area contributed by atoms with Crippen molar-refractivity contribution in [2.45, 2.75) is 25.8 Å². The topological polar surface area (TPSA) is 66.8 Å². The van der Waals surface area contributed by atoms with Gasteiger partial charge in [-0.2, -0.15) is 0 Å². The standard InChI is InChI=1S/C27H32N4O3S/c1-19-24(27(33)30-14-16-34-17-15-30)26(35-25(19)20-8-4-3-5-9-20)28-23(32)18-31-13-7-11-22(31)21-10-6-12-29(21)2/h3-6,8-10,12,22H,7,11,13-18H2,1-2H3,(H,28,32)/t22-/m0/s1. The van der Waals surface area contributed by atoms with E-state index in [0.717, 1.165) is 35.4 Å². The van der Waals surface area contributed by atoms with Crippen LogP contribution in [0.1, 0.15) is 40.5 Å². The lowest BCUT2D eigenvalue weighted by molar-refractivity contribution is -0.117. The molecule has 0 spiro atoms. The van der Waals surface area contributed by atoms with Crippen LogP contribution < -0.4 is 5.32 Å². The Labute approximate surface area is 210 Å². The van der Waals surface area contributed by atoms with Gasteiger partial charge in [-0.25, -0.2) is 0 Å². The van der Waals surface area contributed by atoms with Crippen molar-refractivity contribution in [3.8, 4) is 10.4 Å². The van der Waals surface area contributed by atoms with Crippen molar-refractivity contribution in [2.75, 3.05) is 44.7 Å². The SMILES string of the molecule is Cc1c(-c2ccccc2)sc(NC(=O)CN2CCC[C@H]2c2cccn2C)c1C(=O)N1CCOCC1. The van der Waals surface area contributed by atoms with Crippen LogP contribution in [0.15, 0.2) is 48.7 Å². The lowest BCUT2D eigenvalue weighted by Crippen LogP contribution is -2.41. The molecule has 2 aliphatic rings. The molecular weight excluding hydrogens is 460 g/mol. The summed E-state index contributed by atoms with van der Waals surface area (Å²) in [5.41, 5.74) is 3.80. The summed E-state index contributed by atoms with van der Waals surface area (Å²) in [6.07, 6.45) is 4.16. The molecule has 5 rings (SSSR count). The number of hydrogen-bond donors (Lipinski definition) is 1. The minimum atomic E-state index is -0.0806. The number of aryl methyl sites for hydroxylation is 1. The second-order valence-corrected chi connectivity index (χ2v) is 10.3. The molecule has 2 amide bonds. The third kappa shape index (κ3) is 4.91. The van der Waals surface area contributed by atoms with Crippen LogP contribution in [0.2, 0.25) is 0 Å². The normalized spacial score (nSPS) is 18.7. The number of rotatable bonds is 6. The van der Waals surface area contributed by atoms with Crippen LogP contribution in [0.3, 0.4) is 0 Å². The van der Waals surface area contributed by atoms with E-state index in [1.807, 2.05) is 42.2 Å². The van der Waals surface area contributed by atoms with Gasteiger partial charge < -0.3 is 19.5 Å². The Kier molecular flexibility index (Phi) is 7.04. The number of ether oxygens (including phenoxy) is 1. The fourth-order valence-corrected chi connectivity index (χ4v) is 6.39. The first-order valence-electron chi connectivity index (χ1n) is 12.2. The summed E-state index contributed by atoms with van der Waals surface area (Å²) in [5.74, 6) is -0.120. The number of anilines is 1. The van der Waals surface area contributed by atoms with E-state index in [1.165, 1.54) is 17.0 Å². The number of hydrogen-bond acceptors (Lipinski definition) is 5. The molecule has 1 N–H and O–H groups in total. The van der Waals surface area contributed by atoms with Gasteiger partial charge in [0.2, 0.25) is 5.91 Å². The second-order valence-electron chi connectivity index (χ2n) is 9.25. The number of aromatic nitrogens is 1. The monoisotopic (exact) mass is 492 g/mol. The molecule has 0 radical (unpaired) electrons. The van der Waals surface area contributed by atoms with E-state index in [4.69, 9.17) is 4.74 Å². The fourth-order valence-electron chi connectivity index (χ4n) is 5.17. The predicted octanol–water partition coefficient (Wildman–Crippen LogP) is 4.31. The van der Waals surface area contributed by atoms with Crippen molar-refractivity contribution in [2.24, 2.45) is 7.05 Å². The maximum Gasteiger partial charge on any atom is 0.257 e. The minimum Gasteiger partial charge on any atom is -0.378 e. The van der Waals surface area contributed by atoms with Crippen molar-refractivity contribution < 1.29 is 14.3 Å². The highest BCUT2D eigenvalue weighted by molar-refractivity contribution is 7.20. The molecule has 2 aliphatic heterocycles. The van der Waals surface area contributed by atoms with Gasteiger partial charge in [-0.05, 0) is 49.6 Å². The molecule has 0 unspecified atom stereocenters. The van der Waals surface area contributed by atoms with E-state index in [9.17, 15) is 9.59 Å². The minimum absolute atomic E-state index is 0.0395. The molecular formula is C27H32N4O3S. The van der Waals surface area contributed by atoms with E-state index in [0.29, 0.717) is 43.4 Å². The van der Waals surface area contributed by atoms with E-state index in [1.54, 1.807) is 0 Å². The van der Waals surface area contributed by atoms with Crippen molar-refractivity contribution in [3.63, 3.8) is 0 Å². The first-order valence-corrected chi connectivity index (χ1v) is 13.1. The van der Waals surface area contributed by atoms with Gasteiger partial charge in [0, 0.05) is 36.9 Å². The molecule has 7 nitrogen and oxygen atoms in total. The summed E-state index contributed by atoms with van der Waals surface area (Å²) in [4.78, 5) is 31.9. The molecule has 184 valence electrons. The number of likely N-dealkylation sites (tertiary alicyclic amines) is 1. The number of thiophene rings is 1. The number of carbonyl (C=O) groups excluding carboxylic acids is 2. The van der Waals surface area contributed by atoms with Gasteiger partial charge in [0.1, 0.15) is 5.00 Å². The summed E-state index contributed by atoms with van der Waals surface area (Å²) >= 11 is 1.49. The first-order chi connectivity index (χ1) is 17.0. The zero-order chi connectivity index (χ0) is 24.4. The number of carbonyl (C=O) groups is 2. The number of nitrogens with one attached hydrogen (secondary N) is 1. The Balaban J connectivity index is 1.40. The molecule has 2 saturated heterocycles. The zero-order valence-corrected chi connectivity index (χ0v) is 21.1. The van der Waals surface area contributed by atoms with Gasteiger partial charge in [0.15, 0.2) is 0 Å². The van der Waals surface area contributed by atoms with Crippen LogP contribution in [-0.2, 0) is 16.6 Å². The predicted molar refractivity (Wildman–Crippen MR) is 139 cm³/mol. The van der Waals surface area contributed by atoms with Crippen LogP contribution in [-0.4, -0.2) is 65.6 Å². The summed E-state index contributed by atoms with van der Waals surface area (Å²) in [6, 6.07) is 14.5. The average molecular weight is 493 g/mol. The van der Waals surface area contributed by atoms with Crippen LogP contribution in [0.5, 0.6) is 0 Å². The maximum atomic E-state index is 13.6. The third-order valence-corrected chi connectivity index (χ3v) is 8.24. The zero-order valence-electron chi connectivity index (χ0n) is 20.3. The molecule has 0 saturated carbocycles. The Hall–Kier alpha value is -2.94. The van der Waals surface area contributed by atoms with Crippen LogP contribution in [0, 0.1) is 6.92 Å². The van der Waals surface area contributed by atoms with Crippen molar-refractivity contribution in [1.29, 1.82) is 0 Å². The fraction of sp³-hybridized carbons (Fsp3) is 0.407. The number of amides is 2. The van der Waals surface area contributed by atoms with Gasteiger partial charge >= 0.3 is 0 Å². The molecule has 0 bridgehead atoms. The van der Waals surface area contributed by atoms with Gasteiger partial charge in [-0.3, -0.25) is 14.5 Å².